The van der Waals surface area contributed by atoms with Crippen LogP contribution in [0.2, 0.25) is 0 Å². The van der Waals surface area contributed by atoms with Crippen LogP contribution in [0, 0.1) is 5.92 Å². The second kappa shape index (κ2) is 12.3. The first-order valence-corrected chi connectivity index (χ1v) is 11.9. The fourth-order valence-electron chi connectivity index (χ4n) is 4.01. The second-order valence-electron chi connectivity index (χ2n) is 8.41. The lowest BCUT2D eigenvalue weighted by molar-refractivity contribution is -0.226. The Kier molecular flexibility index (Phi) is 8.93. The number of rotatable bonds is 10. The fourth-order valence-corrected chi connectivity index (χ4v) is 4.29. The summed E-state index contributed by atoms with van der Waals surface area (Å²) in [6.07, 6.45) is -0.873. The van der Waals surface area contributed by atoms with Crippen LogP contribution in [0.1, 0.15) is 23.6 Å². The van der Waals surface area contributed by atoms with Gasteiger partial charge in [0.2, 0.25) is 0 Å². The molecule has 33 heavy (non-hydrogen) atoms. The van der Waals surface area contributed by atoms with Gasteiger partial charge in [0, 0.05) is 5.92 Å². The minimum absolute atomic E-state index is 0.0403. The molecule has 4 rings (SSSR count). The Labute approximate surface area is 201 Å². The predicted octanol–water partition coefficient (Wildman–Crippen LogP) is 5.97. The predicted molar refractivity (Wildman–Crippen MR) is 130 cm³/mol. The Bertz CT molecular complexity index is 938. The molecular formula is C28H31ClO4. The quantitative estimate of drug-likeness (QED) is 0.345. The van der Waals surface area contributed by atoms with Crippen molar-refractivity contribution in [3.8, 4) is 0 Å². The smallest absolute Gasteiger partial charge is 0.136 e. The van der Waals surface area contributed by atoms with Crippen molar-refractivity contribution in [2.24, 2.45) is 5.92 Å². The number of hydrogen-bond donors (Lipinski definition) is 0. The lowest BCUT2D eigenvalue weighted by Gasteiger charge is -2.43. The summed E-state index contributed by atoms with van der Waals surface area (Å²) in [6.45, 7) is 3.88. The number of benzene rings is 3. The first-order chi connectivity index (χ1) is 16.2. The molecule has 0 spiro atoms. The average Bonchev–Trinajstić information content (AvgIpc) is 2.86. The van der Waals surface area contributed by atoms with Gasteiger partial charge in [-0.05, 0) is 16.7 Å². The van der Waals surface area contributed by atoms with E-state index in [1.807, 2.05) is 73.7 Å². The molecule has 0 aromatic heterocycles. The molecule has 1 aliphatic heterocycles. The Morgan fingerprint density at radius 1 is 0.667 bits per heavy atom. The van der Waals surface area contributed by atoms with Gasteiger partial charge in [-0.25, -0.2) is 0 Å². The number of ether oxygens (including phenoxy) is 4. The summed E-state index contributed by atoms with van der Waals surface area (Å²) < 4.78 is 25.0. The van der Waals surface area contributed by atoms with Crippen LogP contribution in [-0.4, -0.2) is 30.5 Å². The second-order valence-corrected chi connectivity index (χ2v) is 8.84. The summed E-state index contributed by atoms with van der Waals surface area (Å²) in [5.74, 6) is -0.0403. The van der Waals surface area contributed by atoms with Gasteiger partial charge in [-0.2, -0.15) is 0 Å². The van der Waals surface area contributed by atoms with E-state index in [1.165, 1.54) is 0 Å². The highest BCUT2D eigenvalue weighted by Crippen LogP contribution is 2.33. The van der Waals surface area contributed by atoms with Gasteiger partial charge in [-0.1, -0.05) is 110 Å². The van der Waals surface area contributed by atoms with Gasteiger partial charge in [-0.3, -0.25) is 0 Å². The summed E-state index contributed by atoms with van der Waals surface area (Å²) in [5.41, 5.74) is 2.85. The van der Waals surface area contributed by atoms with Gasteiger partial charge in [0.15, 0.2) is 0 Å². The Morgan fingerprint density at radius 3 is 1.64 bits per heavy atom. The van der Waals surface area contributed by atoms with Gasteiger partial charge in [-0.15, -0.1) is 0 Å². The van der Waals surface area contributed by atoms with Crippen molar-refractivity contribution in [2.45, 2.75) is 50.6 Å². The Balaban J connectivity index is 1.46. The topological polar surface area (TPSA) is 36.9 Å². The van der Waals surface area contributed by atoms with E-state index in [4.69, 9.17) is 30.5 Å². The molecule has 2 unspecified atom stereocenters. The molecule has 174 valence electrons. The van der Waals surface area contributed by atoms with E-state index < -0.39 is 5.56 Å². The lowest BCUT2D eigenvalue weighted by atomic mass is 9.93. The normalized spacial score (nSPS) is 25.1. The van der Waals surface area contributed by atoms with Crippen LogP contribution >= 0.6 is 11.6 Å². The SMILES string of the molecule is CC1[C@@H](Cl)OC(COCc2ccccc2)[C@H](OCc2ccccc2)[C@H]1OCc1ccccc1. The summed E-state index contributed by atoms with van der Waals surface area (Å²) >= 11 is 6.60. The third-order valence-electron chi connectivity index (χ3n) is 5.89. The van der Waals surface area contributed by atoms with Crippen molar-refractivity contribution >= 4 is 11.6 Å². The van der Waals surface area contributed by atoms with Crippen LogP contribution in [0.5, 0.6) is 0 Å². The average molecular weight is 467 g/mol. The molecule has 0 saturated carbocycles. The van der Waals surface area contributed by atoms with Gasteiger partial charge in [0.1, 0.15) is 17.8 Å². The summed E-state index contributed by atoms with van der Waals surface area (Å²) in [5, 5.41) is 0. The Morgan fingerprint density at radius 2 is 1.12 bits per heavy atom. The van der Waals surface area contributed by atoms with E-state index in [-0.39, 0.29) is 24.2 Å². The number of halogens is 1. The molecule has 3 aromatic rings. The van der Waals surface area contributed by atoms with E-state index in [1.54, 1.807) is 0 Å². The van der Waals surface area contributed by atoms with E-state index >= 15 is 0 Å². The van der Waals surface area contributed by atoms with Crippen molar-refractivity contribution in [2.75, 3.05) is 6.61 Å². The van der Waals surface area contributed by atoms with Crippen molar-refractivity contribution in [3.05, 3.63) is 108 Å². The summed E-state index contributed by atoms with van der Waals surface area (Å²) in [7, 11) is 0. The number of alkyl halides is 1. The zero-order valence-corrected chi connectivity index (χ0v) is 19.6. The third kappa shape index (κ3) is 6.89. The van der Waals surface area contributed by atoms with Crippen molar-refractivity contribution in [1.29, 1.82) is 0 Å². The molecule has 1 fully saturated rings. The molecule has 0 bridgehead atoms. The molecule has 0 N–H and O–H groups in total. The fraction of sp³-hybridized carbons (Fsp3) is 0.357. The molecule has 4 nitrogen and oxygen atoms in total. The minimum atomic E-state index is -0.479. The van der Waals surface area contributed by atoms with Crippen molar-refractivity contribution in [3.63, 3.8) is 0 Å². The van der Waals surface area contributed by atoms with Crippen LogP contribution in [0.4, 0.5) is 0 Å². The first kappa shape index (κ1) is 23.9. The van der Waals surface area contributed by atoms with Crippen LogP contribution in [-0.2, 0) is 38.8 Å². The van der Waals surface area contributed by atoms with E-state index in [0.29, 0.717) is 26.4 Å². The van der Waals surface area contributed by atoms with E-state index in [2.05, 4.69) is 24.3 Å². The molecular weight excluding hydrogens is 436 g/mol. The van der Waals surface area contributed by atoms with Crippen LogP contribution in [0.25, 0.3) is 0 Å². The molecule has 1 saturated heterocycles. The van der Waals surface area contributed by atoms with E-state index in [9.17, 15) is 0 Å². The van der Waals surface area contributed by atoms with Crippen molar-refractivity contribution < 1.29 is 18.9 Å². The standard InChI is InChI=1S/C28H31ClO4/c1-21-26(31-18-23-13-7-3-8-14-23)27(32-19-24-15-9-4-10-16-24)25(33-28(21)29)20-30-17-22-11-5-2-6-12-22/h2-16,21,25-28H,17-20H2,1H3/t21?,25?,26-,27-,28-/m0/s1. The minimum Gasteiger partial charge on any atom is -0.374 e. The highest BCUT2D eigenvalue weighted by molar-refractivity contribution is 6.20. The summed E-state index contributed by atoms with van der Waals surface area (Å²) in [6, 6.07) is 30.4. The zero-order valence-electron chi connectivity index (χ0n) is 18.9. The molecule has 5 heteroatoms. The zero-order chi connectivity index (χ0) is 22.9. The molecule has 0 radical (unpaired) electrons. The number of hydrogen-bond acceptors (Lipinski definition) is 4. The third-order valence-corrected chi connectivity index (χ3v) is 6.39. The van der Waals surface area contributed by atoms with Crippen LogP contribution in [0.3, 0.4) is 0 Å². The Hall–Kier alpha value is -2.21. The van der Waals surface area contributed by atoms with Gasteiger partial charge >= 0.3 is 0 Å². The molecule has 0 aliphatic carbocycles. The highest BCUT2D eigenvalue weighted by atomic mass is 35.5. The maximum absolute atomic E-state index is 6.60. The largest absolute Gasteiger partial charge is 0.374 e. The van der Waals surface area contributed by atoms with E-state index in [0.717, 1.165) is 16.7 Å². The van der Waals surface area contributed by atoms with Gasteiger partial charge in [0.05, 0.1) is 32.5 Å². The first-order valence-electron chi connectivity index (χ1n) is 11.4. The molecule has 0 amide bonds. The van der Waals surface area contributed by atoms with Gasteiger partial charge < -0.3 is 18.9 Å². The molecule has 3 aromatic carbocycles. The maximum Gasteiger partial charge on any atom is 0.136 e. The van der Waals surface area contributed by atoms with Crippen LogP contribution < -0.4 is 0 Å². The van der Waals surface area contributed by atoms with Gasteiger partial charge in [0.25, 0.3) is 0 Å². The lowest BCUT2D eigenvalue weighted by Crippen LogP contribution is -2.55. The van der Waals surface area contributed by atoms with Crippen LogP contribution in [0.15, 0.2) is 91.0 Å². The maximum atomic E-state index is 6.60. The molecule has 5 atom stereocenters. The molecule has 1 heterocycles. The van der Waals surface area contributed by atoms with Crippen molar-refractivity contribution in [1.82, 2.24) is 0 Å². The molecule has 1 aliphatic rings. The monoisotopic (exact) mass is 466 g/mol. The highest BCUT2D eigenvalue weighted by Gasteiger charge is 2.44. The summed E-state index contributed by atoms with van der Waals surface area (Å²) in [4.78, 5) is 0.